The Morgan fingerprint density at radius 1 is 0.700 bits per heavy atom. The monoisotopic (exact) mass is 263 g/mol. The van der Waals surface area contributed by atoms with Crippen molar-refractivity contribution in [2.45, 2.75) is 13.1 Å². The molecule has 0 heterocycles. The summed E-state index contributed by atoms with van der Waals surface area (Å²) in [5.74, 6) is 0.345. The molecule has 3 aromatic rings. The highest BCUT2D eigenvalue weighted by molar-refractivity contribution is 5.85. The van der Waals surface area contributed by atoms with Gasteiger partial charge < -0.3 is 10.4 Å². The molecule has 2 N–H and O–H groups in total. The van der Waals surface area contributed by atoms with Gasteiger partial charge in [0.2, 0.25) is 0 Å². The summed E-state index contributed by atoms with van der Waals surface area (Å²) in [6.45, 7) is 1.45. The van der Waals surface area contributed by atoms with E-state index in [2.05, 4.69) is 47.8 Å². The Labute approximate surface area is 118 Å². The van der Waals surface area contributed by atoms with Crippen LogP contribution < -0.4 is 5.32 Å². The van der Waals surface area contributed by atoms with Gasteiger partial charge in [-0.2, -0.15) is 0 Å². The van der Waals surface area contributed by atoms with Crippen molar-refractivity contribution in [2.75, 3.05) is 0 Å². The van der Waals surface area contributed by atoms with E-state index in [1.807, 2.05) is 18.2 Å². The van der Waals surface area contributed by atoms with Crippen LogP contribution in [-0.2, 0) is 13.1 Å². The Kier molecular flexibility index (Phi) is 3.66. The molecule has 100 valence electrons. The molecule has 0 atom stereocenters. The number of hydrogen-bond acceptors (Lipinski definition) is 2. The van der Waals surface area contributed by atoms with Crippen LogP contribution in [0.2, 0.25) is 0 Å². The van der Waals surface area contributed by atoms with E-state index in [-0.39, 0.29) is 0 Å². The molecule has 3 rings (SSSR count). The van der Waals surface area contributed by atoms with Gasteiger partial charge in [0.05, 0.1) is 0 Å². The molecular formula is C18H17NO. The summed E-state index contributed by atoms with van der Waals surface area (Å²) in [5, 5.41) is 15.7. The fourth-order valence-electron chi connectivity index (χ4n) is 2.44. The summed E-state index contributed by atoms with van der Waals surface area (Å²) in [6.07, 6.45) is 0. The Balaban J connectivity index is 1.73. The molecule has 0 aromatic heterocycles. The van der Waals surface area contributed by atoms with Crippen molar-refractivity contribution in [3.63, 3.8) is 0 Å². The average molecular weight is 263 g/mol. The highest BCUT2D eigenvalue weighted by atomic mass is 16.3. The summed E-state index contributed by atoms with van der Waals surface area (Å²) in [7, 11) is 0. The molecule has 2 heteroatoms. The molecule has 0 unspecified atom stereocenters. The maximum atomic E-state index is 9.74. The number of hydrogen-bond donors (Lipinski definition) is 2. The third-order valence-corrected chi connectivity index (χ3v) is 3.50. The van der Waals surface area contributed by atoms with Gasteiger partial charge in [0.25, 0.3) is 0 Å². The van der Waals surface area contributed by atoms with Crippen molar-refractivity contribution in [1.29, 1.82) is 0 Å². The van der Waals surface area contributed by atoms with Crippen molar-refractivity contribution < 1.29 is 5.11 Å². The number of fused-ring (bicyclic) bond motifs is 1. The summed E-state index contributed by atoms with van der Waals surface area (Å²) < 4.78 is 0. The lowest BCUT2D eigenvalue weighted by molar-refractivity contribution is 0.464. The predicted molar refractivity (Wildman–Crippen MR) is 82.6 cm³/mol. The lowest BCUT2D eigenvalue weighted by Crippen LogP contribution is -2.12. The lowest BCUT2D eigenvalue weighted by Gasteiger charge is -2.09. The van der Waals surface area contributed by atoms with Crippen LogP contribution in [0.25, 0.3) is 10.8 Å². The molecule has 0 saturated heterocycles. The minimum atomic E-state index is 0.345. The van der Waals surface area contributed by atoms with Gasteiger partial charge in [0.1, 0.15) is 5.75 Å². The molecule has 0 fully saturated rings. The predicted octanol–water partition coefficient (Wildman–Crippen LogP) is 3.84. The summed E-state index contributed by atoms with van der Waals surface area (Å²) in [4.78, 5) is 0. The fourth-order valence-corrected chi connectivity index (χ4v) is 2.44. The van der Waals surface area contributed by atoms with Crippen LogP contribution >= 0.6 is 0 Å². The quantitative estimate of drug-likeness (QED) is 0.749. The van der Waals surface area contributed by atoms with Gasteiger partial charge in [-0.15, -0.1) is 0 Å². The van der Waals surface area contributed by atoms with Gasteiger partial charge in [-0.3, -0.25) is 0 Å². The molecule has 0 spiro atoms. The zero-order valence-corrected chi connectivity index (χ0v) is 11.2. The first-order chi connectivity index (χ1) is 9.84. The van der Waals surface area contributed by atoms with Crippen LogP contribution in [0.4, 0.5) is 0 Å². The van der Waals surface area contributed by atoms with E-state index >= 15 is 0 Å². The van der Waals surface area contributed by atoms with Gasteiger partial charge in [0.15, 0.2) is 0 Å². The first-order valence-electron chi connectivity index (χ1n) is 6.79. The van der Waals surface area contributed by atoms with E-state index in [0.29, 0.717) is 12.3 Å². The SMILES string of the molecule is Oc1ccccc1CNCc1cccc2ccccc12. The van der Waals surface area contributed by atoms with Crippen LogP contribution in [0.5, 0.6) is 5.75 Å². The van der Waals surface area contributed by atoms with Gasteiger partial charge in [-0.1, -0.05) is 60.7 Å². The van der Waals surface area contributed by atoms with Gasteiger partial charge in [-0.25, -0.2) is 0 Å². The van der Waals surface area contributed by atoms with E-state index in [9.17, 15) is 5.11 Å². The van der Waals surface area contributed by atoms with Crippen molar-refractivity contribution in [1.82, 2.24) is 5.32 Å². The molecular weight excluding hydrogens is 246 g/mol. The standard InChI is InChI=1S/C18H17NO/c20-18-11-4-2-7-16(18)13-19-12-15-9-5-8-14-6-1-3-10-17(14)15/h1-11,19-20H,12-13H2. The maximum Gasteiger partial charge on any atom is 0.120 e. The Morgan fingerprint density at radius 2 is 1.35 bits per heavy atom. The zero-order chi connectivity index (χ0) is 13.8. The largest absolute Gasteiger partial charge is 0.508 e. The molecule has 0 radical (unpaired) electrons. The smallest absolute Gasteiger partial charge is 0.120 e. The number of benzene rings is 3. The van der Waals surface area contributed by atoms with Crippen molar-refractivity contribution in [3.8, 4) is 5.75 Å². The molecule has 0 aliphatic heterocycles. The van der Waals surface area contributed by atoms with Gasteiger partial charge >= 0.3 is 0 Å². The van der Waals surface area contributed by atoms with Crippen LogP contribution in [0.15, 0.2) is 66.7 Å². The topological polar surface area (TPSA) is 32.3 Å². The third-order valence-electron chi connectivity index (χ3n) is 3.50. The first-order valence-corrected chi connectivity index (χ1v) is 6.79. The minimum absolute atomic E-state index is 0.345. The van der Waals surface area contributed by atoms with E-state index in [1.165, 1.54) is 16.3 Å². The van der Waals surface area contributed by atoms with E-state index < -0.39 is 0 Å². The Hall–Kier alpha value is -2.32. The van der Waals surface area contributed by atoms with Crippen molar-refractivity contribution in [3.05, 3.63) is 77.9 Å². The number of phenols is 1. The van der Waals surface area contributed by atoms with E-state index in [0.717, 1.165) is 12.1 Å². The highest BCUT2D eigenvalue weighted by Crippen LogP contribution is 2.19. The van der Waals surface area contributed by atoms with Crippen LogP contribution in [-0.4, -0.2) is 5.11 Å². The van der Waals surface area contributed by atoms with Gasteiger partial charge in [0, 0.05) is 18.7 Å². The molecule has 2 nitrogen and oxygen atoms in total. The number of phenolic OH excluding ortho intramolecular Hbond substituents is 1. The third kappa shape index (κ3) is 2.65. The molecule has 20 heavy (non-hydrogen) atoms. The number of aromatic hydroxyl groups is 1. The first kappa shape index (κ1) is 12.7. The molecule has 0 aliphatic carbocycles. The van der Waals surface area contributed by atoms with Crippen LogP contribution in [0.1, 0.15) is 11.1 Å². The number of para-hydroxylation sites is 1. The second kappa shape index (κ2) is 5.76. The molecule has 0 aliphatic rings. The minimum Gasteiger partial charge on any atom is -0.508 e. The van der Waals surface area contributed by atoms with Crippen molar-refractivity contribution in [2.24, 2.45) is 0 Å². The maximum absolute atomic E-state index is 9.74. The lowest BCUT2D eigenvalue weighted by atomic mass is 10.0. The molecule has 3 aromatic carbocycles. The van der Waals surface area contributed by atoms with Crippen molar-refractivity contribution >= 4 is 10.8 Å². The number of rotatable bonds is 4. The normalized spacial score (nSPS) is 10.8. The van der Waals surface area contributed by atoms with E-state index in [4.69, 9.17) is 0 Å². The molecule has 0 bridgehead atoms. The highest BCUT2D eigenvalue weighted by Gasteiger charge is 2.02. The second-order valence-electron chi connectivity index (χ2n) is 4.87. The molecule has 0 amide bonds. The summed E-state index contributed by atoms with van der Waals surface area (Å²) >= 11 is 0. The Morgan fingerprint density at radius 3 is 2.25 bits per heavy atom. The number of nitrogens with one attached hydrogen (secondary N) is 1. The summed E-state index contributed by atoms with van der Waals surface area (Å²) in [5.41, 5.74) is 2.20. The second-order valence-corrected chi connectivity index (χ2v) is 4.87. The van der Waals surface area contributed by atoms with Crippen LogP contribution in [0, 0.1) is 0 Å². The average Bonchev–Trinajstić information content (AvgIpc) is 2.49. The zero-order valence-electron chi connectivity index (χ0n) is 11.2. The Bertz CT molecular complexity index is 716. The molecule has 0 saturated carbocycles. The fraction of sp³-hybridized carbons (Fsp3) is 0.111. The van der Waals surface area contributed by atoms with Gasteiger partial charge in [-0.05, 0) is 22.4 Å². The van der Waals surface area contributed by atoms with E-state index in [1.54, 1.807) is 6.07 Å². The summed E-state index contributed by atoms with van der Waals surface area (Å²) in [6, 6.07) is 22.2. The van der Waals surface area contributed by atoms with Crippen LogP contribution in [0.3, 0.4) is 0 Å².